The maximum absolute atomic E-state index is 8.56. The fourth-order valence-electron chi connectivity index (χ4n) is 7.44. The van der Waals surface area contributed by atoms with Crippen molar-refractivity contribution in [2.45, 2.75) is 6.42 Å². The zero-order chi connectivity index (χ0) is 38.8. The number of para-hydroxylation sites is 4. The molecule has 53 heavy (non-hydrogen) atoms. The van der Waals surface area contributed by atoms with Gasteiger partial charge in [-0.05, 0) is 42.0 Å². The zero-order valence-electron chi connectivity index (χ0n) is 32.2. The molecule has 0 aliphatic heterocycles. The molecule has 10 aromatic rings. The van der Waals surface area contributed by atoms with Gasteiger partial charge in [0, 0.05) is 44.8 Å². The predicted molar refractivity (Wildman–Crippen MR) is 215 cm³/mol. The Kier molecular flexibility index (Phi) is 6.21. The Bertz CT molecular complexity index is 3100. The van der Waals surface area contributed by atoms with E-state index in [0.717, 1.165) is 66.0 Å². The highest BCUT2D eigenvalue weighted by Gasteiger charge is 2.22. The topological polar surface area (TPSA) is 52.9 Å². The van der Waals surface area contributed by atoms with Crippen LogP contribution in [0, 0.1) is 6.57 Å². The lowest BCUT2D eigenvalue weighted by Crippen LogP contribution is -2.08. The van der Waals surface area contributed by atoms with Crippen molar-refractivity contribution in [3.63, 3.8) is 0 Å². The zero-order valence-corrected chi connectivity index (χ0v) is 28.2. The Hall–Kier alpha value is -7.36. The van der Waals surface area contributed by atoms with Crippen molar-refractivity contribution in [1.29, 1.82) is 0 Å². The van der Waals surface area contributed by atoms with Crippen LogP contribution in [0.25, 0.3) is 82.6 Å². The minimum absolute atomic E-state index is 0.256. The third kappa shape index (κ3) is 5.06. The van der Waals surface area contributed by atoms with Gasteiger partial charge in [0.2, 0.25) is 5.69 Å². The van der Waals surface area contributed by atoms with Gasteiger partial charge in [-0.1, -0.05) is 133 Å². The molecule has 0 fully saturated rings. The largest absolute Gasteiger partial charge is 0.319 e. The highest BCUT2D eigenvalue weighted by atomic mass is 15.0. The molecule has 248 valence electrons. The van der Waals surface area contributed by atoms with Crippen molar-refractivity contribution in [2.75, 3.05) is 0 Å². The fraction of sp³-hybridized carbons (Fsp3) is 0.0213. The molecule has 0 spiro atoms. The van der Waals surface area contributed by atoms with Gasteiger partial charge in [-0.25, -0.2) is 19.8 Å². The van der Waals surface area contributed by atoms with E-state index in [-0.39, 0.29) is 6.42 Å². The van der Waals surface area contributed by atoms with E-state index in [1.165, 1.54) is 0 Å². The van der Waals surface area contributed by atoms with E-state index in [4.69, 9.17) is 27.0 Å². The Morgan fingerprint density at radius 3 is 1.36 bits per heavy atom. The van der Waals surface area contributed by atoms with Crippen molar-refractivity contribution >= 4 is 49.3 Å². The van der Waals surface area contributed by atoms with E-state index < -0.39 is 0 Å². The second-order valence-corrected chi connectivity index (χ2v) is 12.8. The van der Waals surface area contributed by atoms with E-state index in [9.17, 15) is 0 Å². The predicted octanol–water partition coefficient (Wildman–Crippen LogP) is 11.5. The lowest BCUT2D eigenvalue weighted by Gasteiger charge is -2.19. The van der Waals surface area contributed by atoms with Gasteiger partial charge in [-0.15, -0.1) is 0 Å². The number of aromatic nitrogens is 5. The van der Waals surface area contributed by atoms with Crippen molar-refractivity contribution < 1.29 is 5.48 Å². The smallest absolute Gasteiger partial charge is 0.211 e. The number of benzene rings is 7. The molecular weight excluding hydrogens is 649 g/mol. The first-order valence-electron chi connectivity index (χ1n) is 19.3. The van der Waals surface area contributed by atoms with Gasteiger partial charge in [0.25, 0.3) is 0 Å². The molecule has 0 saturated carbocycles. The minimum atomic E-state index is 0.256. The second kappa shape index (κ2) is 12.4. The monoisotopic (exact) mass is 682 g/mol. The van der Waals surface area contributed by atoms with Crippen molar-refractivity contribution in [1.82, 2.24) is 24.1 Å². The van der Waals surface area contributed by atoms with Gasteiger partial charge in [0.05, 0.1) is 39.8 Å². The van der Waals surface area contributed by atoms with E-state index in [0.29, 0.717) is 53.0 Å². The van der Waals surface area contributed by atoms with E-state index in [1.807, 2.05) is 114 Å². The minimum Gasteiger partial charge on any atom is -0.319 e. The summed E-state index contributed by atoms with van der Waals surface area (Å²) in [4.78, 5) is 19.1. The molecule has 0 bridgehead atoms. The second-order valence-electron chi connectivity index (χ2n) is 12.8. The summed E-state index contributed by atoms with van der Waals surface area (Å²) < 4.78 is 38.1. The molecule has 0 aliphatic carbocycles. The van der Waals surface area contributed by atoms with E-state index >= 15 is 0 Å². The van der Waals surface area contributed by atoms with Crippen LogP contribution in [-0.4, -0.2) is 24.1 Å². The summed E-state index contributed by atoms with van der Waals surface area (Å²) >= 11 is 0. The SMILES string of the molecule is [2H]c1ccc2c(c1)c1cc([2H])ccc1n2-c1cc(-n2c3ccc([2H])cc3c3cc([2H])ccc32)c([N+]#[C-])cc1Cc1nc(-c2ccccc2)nc(-c2ccccc2)n1. The van der Waals surface area contributed by atoms with Gasteiger partial charge < -0.3 is 9.13 Å². The van der Waals surface area contributed by atoms with Crippen LogP contribution in [0.4, 0.5) is 5.69 Å². The quantitative estimate of drug-likeness (QED) is 0.164. The number of hydrogen-bond donors (Lipinski definition) is 0. The third-order valence-electron chi connectivity index (χ3n) is 9.78. The summed E-state index contributed by atoms with van der Waals surface area (Å²) in [5, 5.41) is 3.33. The van der Waals surface area contributed by atoms with Crippen LogP contribution in [0.1, 0.15) is 16.9 Å². The molecular formula is C47H30N6. The molecule has 10 rings (SSSR count). The van der Waals surface area contributed by atoms with Crippen LogP contribution in [0.3, 0.4) is 0 Å². The number of fused-ring (bicyclic) bond motifs is 6. The number of nitrogens with zero attached hydrogens (tertiary/aromatic N) is 6. The molecule has 6 nitrogen and oxygen atoms in total. The van der Waals surface area contributed by atoms with Crippen LogP contribution < -0.4 is 0 Å². The van der Waals surface area contributed by atoms with Crippen LogP contribution in [0.5, 0.6) is 0 Å². The van der Waals surface area contributed by atoms with E-state index in [2.05, 4.69) is 9.41 Å². The third-order valence-corrected chi connectivity index (χ3v) is 9.78. The molecule has 0 saturated heterocycles. The molecule has 6 heteroatoms. The van der Waals surface area contributed by atoms with Crippen molar-refractivity contribution in [3.8, 4) is 34.2 Å². The molecule has 0 unspecified atom stereocenters. The van der Waals surface area contributed by atoms with E-state index in [1.54, 1.807) is 36.4 Å². The number of rotatable bonds is 6. The first kappa shape index (κ1) is 26.4. The summed E-state index contributed by atoms with van der Waals surface area (Å²) in [6.45, 7) is 8.56. The highest BCUT2D eigenvalue weighted by molar-refractivity contribution is 6.11. The van der Waals surface area contributed by atoms with Gasteiger partial charge in [0.15, 0.2) is 11.6 Å². The molecule has 3 aromatic heterocycles. The first-order chi connectivity index (χ1) is 27.8. The first-order valence-corrected chi connectivity index (χ1v) is 17.3. The fourth-order valence-corrected chi connectivity index (χ4v) is 7.44. The van der Waals surface area contributed by atoms with Gasteiger partial charge in [-0.3, -0.25) is 0 Å². The van der Waals surface area contributed by atoms with Crippen LogP contribution in [-0.2, 0) is 6.42 Å². The molecule has 0 N–H and O–H groups in total. The summed E-state index contributed by atoms with van der Waals surface area (Å²) in [7, 11) is 0. The summed E-state index contributed by atoms with van der Waals surface area (Å²) in [5.41, 5.74) is 7.64. The molecule has 0 amide bonds. The summed E-state index contributed by atoms with van der Waals surface area (Å²) in [6, 6.07) is 47.0. The maximum Gasteiger partial charge on any atom is 0.211 e. The Morgan fingerprint density at radius 2 is 0.925 bits per heavy atom. The summed E-state index contributed by atoms with van der Waals surface area (Å²) in [6.07, 6.45) is 0.256. The maximum atomic E-state index is 8.56. The average molecular weight is 683 g/mol. The highest BCUT2D eigenvalue weighted by Crippen LogP contribution is 2.40. The molecule has 0 radical (unpaired) electrons. The van der Waals surface area contributed by atoms with Crippen molar-refractivity contribution in [2.24, 2.45) is 0 Å². The van der Waals surface area contributed by atoms with Crippen LogP contribution in [0.15, 0.2) is 170 Å². The molecule has 7 aromatic carbocycles. The lowest BCUT2D eigenvalue weighted by molar-refractivity contribution is 0.924. The van der Waals surface area contributed by atoms with Crippen LogP contribution in [0.2, 0.25) is 0 Å². The van der Waals surface area contributed by atoms with Gasteiger partial charge >= 0.3 is 0 Å². The lowest BCUT2D eigenvalue weighted by atomic mass is 10.0. The van der Waals surface area contributed by atoms with Gasteiger partial charge in [0.1, 0.15) is 5.82 Å². The normalized spacial score (nSPS) is 12.5. The summed E-state index contributed by atoms with van der Waals surface area (Å²) in [5.74, 6) is 1.61. The van der Waals surface area contributed by atoms with Gasteiger partial charge in [-0.2, -0.15) is 0 Å². The number of hydrogen-bond acceptors (Lipinski definition) is 3. The molecule has 0 atom stereocenters. The Morgan fingerprint density at radius 1 is 0.491 bits per heavy atom. The molecule has 0 aliphatic rings. The van der Waals surface area contributed by atoms with Crippen molar-refractivity contribution in [3.05, 3.63) is 193 Å². The standard InChI is InChI=1S/C47H30N6/c1-48-38-28-33(29-45-49-46(31-16-4-2-5-17-31)51-47(50-45)32-18-6-3-7-19-32)43(52-39-24-12-8-20-34(39)35-21-9-13-25-40(35)52)30-44(38)53-41-26-14-10-22-36(41)37-23-11-15-27-42(37)53/h2-28,30H,29H2/i8D,9D,10D,11D. The molecule has 3 heterocycles. The average Bonchev–Trinajstić information content (AvgIpc) is 3.71. The van der Waals surface area contributed by atoms with Crippen LogP contribution >= 0.6 is 0 Å². The Balaban J connectivity index is 1.29. The Labute approximate surface area is 311 Å².